The third-order valence-electron chi connectivity index (χ3n) is 3.79. The van der Waals surface area contributed by atoms with Gasteiger partial charge in [-0.25, -0.2) is 4.79 Å². The Labute approximate surface area is 136 Å². The lowest BCUT2D eigenvalue weighted by Crippen LogP contribution is -2.52. The number of alkyl carbamates (subject to hydrolysis) is 1. The van der Waals surface area contributed by atoms with E-state index in [1.54, 1.807) is 0 Å². The fourth-order valence-corrected chi connectivity index (χ4v) is 2.17. The van der Waals surface area contributed by atoms with E-state index in [0.717, 1.165) is 5.56 Å². The van der Waals surface area contributed by atoms with Gasteiger partial charge in [0.05, 0.1) is 17.6 Å². The van der Waals surface area contributed by atoms with E-state index in [0.29, 0.717) is 12.8 Å². The van der Waals surface area contributed by atoms with E-state index in [2.05, 4.69) is 5.32 Å². The summed E-state index contributed by atoms with van der Waals surface area (Å²) in [7, 11) is 0. The smallest absolute Gasteiger partial charge is 0.407 e. The second kappa shape index (κ2) is 8.53. The predicted molar refractivity (Wildman–Crippen MR) is 85.9 cm³/mol. The molecule has 0 radical (unpaired) electrons. The van der Waals surface area contributed by atoms with Crippen LogP contribution in [0.15, 0.2) is 30.3 Å². The minimum absolute atomic E-state index is 0.115. The van der Waals surface area contributed by atoms with Crippen molar-refractivity contribution in [3.63, 3.8) is 0 Å². The van der Waals surface area contributed by atoms with Crippen LogP contribution in [0, 0.1) is 5.41 Å². The van der Waals surface area contributed by atoms with E-state index >= 15 is 0 Å². The second-order valence-corrected chi connectivity index (χ2v) is 6.07. The summed E-state index contributed by atoms with van der Waals surface area (Å²) in [5.41, 5.74) is -0.520. The van der Waals surface area contributed by atoms with Crippen LogP contribution >= 0.6 is 0 Å². The normalized spacial score (nSPS) is 13.9. The maximum Gasteiger partial charge on any atom is 0.407 e. The first-order valence-electron chi connectivity index (χ1n) is 7.67. The Bertz CT molecular complexity index is 515. The number of nitrogens with one attached hydrogen (secondary N) is 1. The van der Waals surface area contributed by atoms with Gasteiger partial charge in [-0.15, -0.1) is 0 Å². The van der Waals surface area contributed by atoms with Crippen LogP contribution in [0.1, 0.15) is 39.2 Å². The van der Waals surface area contributed by atoms with Crippen LogP contribution in [0.4, 0.5) is 4.79 Å². The summed E-state index contributed by atoms with van der Waals surface area (Å²) in [6.45, 7) is 4.87. The molecule has 2 atom stereocenters. The highest BCUT2D eigenvalue weighted by atomic mass is 16.5. The summed E-state index contributed by atoms with van der Waals surface area (Å²) < 4.78 is 5.12. The highest BCUT2D eigenvalue weighted by Gasteiger charge is 2.40. The van der Waals surface area contributed by atoms with Gasteiger partial charge in [-0.05, 0) is 25.8 Å². The second-order valence-electron chi connectivity index (χ2n) is 6.07. The Balaban J connectivity index is 2.64. The molecule has 0 aromatic heterocycles. The first-order chi connectivity index (χ1) is 10.8. The van der Waals surface area contributed by atoms with E-state index < -0.39 is 29.6 Å². The molecule has 0 saturated carbocycles. The number of carbonyl (C=O) groups excluding carboxylic acids is 1. The number of hydrogen-bond donors (Lipinski definition) is 3. The van der Waals surface area contributed by atoms with Gasteiger partial charge < -0.3 is 20.3 Å². The van der Waals surface area contributed by atoms with Gasteiger partial charge in [-0.2, -0.15) is 0 Å². The van der Waals surface area contributed by atoms with Crippen LogP contribution < -0.4 is 5.32 Å². The maximum atomic E-state index is 11.9. The SMILES string of the molecule is CCC[C@H](NC(=O)OCc1ccccc1)C(O)C(C)(C)C(=O)O. The molecule has 0 fully saturated rings. The minimum Gasteiger partial charge on any atom is -0.481 e. The molecule has 1 unspecified atom stereocenters. The topological polar surface area (TPSA) is 95.9 Å². The zero-order valence-electron chi connectivity index (χ0n) is 13.8. The predicted octanol–water partition coefficient (Wildman–Crippen LogP) is 2.55. The number of hydrogen-bond acceptors (Lipinski definition) is 4. The van der Waals surface area contributed by atoms with Gasteiger partial charge >= 0.3 is 12.1 Å². The van der Waals surface area contributed by atoms with Crippen LogP contribution in [0.5, 0.6) is 0 Å². The van der Waals surface area contributed by atoms with E-state index in [1.807, 2.05) is 37.3 Å². The van der Waals surface area contributed by atoms with E-state index in [-0.39, 0.29) is 6.61 Å². The average Bonchev–Trinajstić information content (AvgIpc) is 2.52. The zero-order valence-corrected chi connectivity index (χ0v) is 13.8. The summed E-state index contributed by atoms with van der Waals surface area (Å²) in [6.07, 6.45) is -0.744. The van der Waals surface area contributed by atoms with Crippen LogP contribution in [0.3, 0.4) is 0 Å². The van der Waals surface area contributed by atoms with Gasteiger partial charge in [0.15, 0.2) is 0 Å². The molecule has 1 aromatic carbocycles. The number of rotatable bonds is 8. The number of aliphatic hydroxyl groups excluding tert-OH is 1. The number of aliphatic hydroxyl groups is 1. The Morgan fingerprint density at radius 1 is 1.26 bits per heavy atom. The molecule has 128 valence electrons. The third kappa shape index (κ3) is 5.56. The number of benzene rings is 1. The molecule has 3 N–H and O–H groups in total. The maximum absolute atomic E-state index is 11.9. The van der Waals surface area contributed by atoms with Crippen molar-refractivity contribution in [3.8, 4) is 0 Å². The number of aliphatic carboxylic acids is 1. The Kier molecular flexibility index (Phi) is 7.03. The van der Waals surface area contributed by atoms with Crippen molar-refractivity contribution < 1.29 is 24.5 Å². The lowest BCUT2D eigenvalue weighted by molar-refractivity contribution is -0.154. The first-order valence-corrected chi connectivity index (χ1v) is 7.67. The van der Waals surface area contributed by atoms with Crippen molar-refractivity contribution >= 4 is 12.1 Å². The molecular weight excluding hydrogens is 298 g/mol. The van der Waals surface area contributed by atoms with E-state index in [9.17, 15) is 19.8 Å². The summed E-state index contributed by atoms with van der Waals surface area (Å²) >= 11 is 0. The quantitative estimate of drug-likeness (QED) is 0.683. The van der Waals surface area contributed by atoms with Crippen LogP contribution in [0.2, 0.25) is 0 Å². The van der Waals surface area contributed by atoms with Crippen LogP contribution in [-0.2, 0) is 16.1 Å². The molecule has 1 aromatic rings. The lowest BCUT2D eigenvalue weighted by Gasteiger charge is -2.32. The van der Waals surface area contributed by atoms with Crippen molar-refractivity contribution in [1.29, 1.82) is 0 Å². The number of amides is 1. The van der Waals surface area contributed by atoms with Gasteiger partial charge in [0.1, 0.15) is 6.61 Å². The third-order valence-corrected chi connectivity index (χ3v) is 3.79. The lowest BCUT2D eigenvalue weighted by atomic mass is 9.81. The number of carbonyl (C=O) groups is 2. The van der Waals surface area contributed by atoms with E-state index in [4.69, 9.17) is 4.74 Å². The molecule has 0 spiro atoms. The van der Waals surface area contributed by atoms with Gasteiger partial charge in [-0.3, -0.25) is 4.79 Å². The Hall–Kier alpha value is -2.08. The Morgan fingerprint density at radius 3 is 2.39 bits per heavy atom. The van der Waals surface area contributed by atoms with Crippen LogP contribution in [-0.4, -0.2) is 34.4 Å². The summed E-state index contributed by atoms with van der Waals surface area (Å²) in [6, 6.07) is 8.53. The molecule has 0 aliphatic carbocycles. The van der Waals surface area contributed by atoms with Gasteiger partial charge in [0, 0.05) is 0 Å². The fraction of sp³-hybridized carbons (Fsp3) is 0.529. The van der Waals surface area contributed by atoms with Crippen molar-refractivity contribution in [1.82, 2.24) is 5.32 Å². The minimum atomic E-state index is -1.37. The Morgan fingerprint density at radius 2 is 1.87 bits per heavy atom. The van der Waals surface area contributed by atoms with Crippen molar-refractivity contribution in [2.75, 3.05) is 0 Å². The fourth-order valence-electron chi connectivity index (χ4n) is 2.17. The van der Waals surface area contributed by atoms with Gasteiger partial charge in [0.2, 0.25) is 0 Å². The molecule has 6 heteroatoms. The molecule has 1 amide bonds. The molecule has 0 saturated heterocycles. The molecule has 0 aliphatic heterocycles. The van der Waals surface area contributed by atoms with Crippen molar-refractivity contribution in [2.24, 2.45) is 5.41 Å². The zero-order chi connectivity index (χ0) is 17.5. The molecular formula is C17H25NO5. The summed E-state index contributed by atoms with van der Waals surface area (Å²) in [5, 5.41) is 22.1. The highest BCUT2D eigenvalue weighted by Crippen LogP contribution is 2.25. The summed E-state index contributed by atoms with van der Waals surface area (Å²) in [4.78, 5) is 23.2. The summed E-state index contributed by atoms with van der Waals surface area (Å²) in [5.74, 6) is -1.12. The van der Waals surface area contributed by atoms with Crippen molar-refractivity contribution in [3.05, 3.63) is 35.9 Å². The average molecular weight is 323 g/mol. The van der Waals surface area contributed by atoms with Gasteiger partial charge in [-0.1, -0.05) is 43.7 Å². The monoisotopic (exact) mass is 323 g/mol. The molecule has 0 aliphatic rings. The number of carboxylic acid groups (broad SMARTS) is 1. The number of carboxylic acids is 1. The standard InChI is InChI=1S/C17H25NO5/c1-4-8-13(14(19)17(2,3)15(20)21)18-16(22)23-11-12-9-6-5-7-10-12/h5-7,9-10,13-14,19H,4,8,11H2,1-3H3,(H,18,22)(H,20,21)/t13-,14?/m0/s1. The molecule has 1 rings (SSSR count). The largest absolute Gasteiger partial charge is 0.481 e. The molecule has 0 bridgehead atoms. The molecule has 23 heavy (non-hydrogen) atoms. The first kappa shape index (κ1) is 19.0. The van der Waals surface area contributed by atoms with E-state index in [1.165, 1.54) is 13.8 Å². The number of ether oxygens (including phenoxy) is 1. The highest BCUT2D eigenvalue weighted by molar-refractivity contribution is 5.75. The van der Waals surface area contributed by atoms with Crippen LogP contribution in [0.25, 0.3) is 0 Å². The van der Waals surface area contributed by atoms with Gasteiger partial charge in [0.25, 0.3) is 0 Å². The molecule has 6 nitrogen and oxygen atoms in total. The molecule has 0 heterocycles. The van der Waals surface area contributed by atoms with Crippen molar-refractivity contribution in [2.45, 2.75) is 52.4 Å².